The number of benzene rings is 1. The van der Waals surface area contributed by atoms with Gasteiger partial charge < -0.3 is 11.1 Å². The van der Waals surface area contributed by atoms with Crippen LogP contribution in [0.5, 0.6) is 0 Å². The minimum Gasteiger partial charge on any atom is -0.365 e. The van der Waals surface area contributed by atoms with Crippen molar-refractivity contribution in [3.63, 3.8) is 0 Å². The molecule has 0 aliphatic heterocycles. The number of nitrogens with two attached hydrogens (primary N) is 1. The molecule has 3 N–H and O–H groups in total. The minimum absolute atomic E-state index is 0.101. The lowest BCUT2D eigenvalue weighted by molar-refractivity contribution is -0.385. The molecule has 0 unspecified atom stereocenters. The second-order valence-corrected chi connectivity index (χ2v) is 6.64. The molecule has 24 heavy (non-hydrogen) atoms. The van der Waals surface area contributed by atoms with Gasteiger partial charge in [-0.1, -0.05) is 18.2 Å². The molecule has 0 spiro atoms. The van der Waals surface area contributed by atoms with Crippen molar-refractivity contribution in [2.24, 2.45) is 5.73 Å². The number of fused-ring (bicyclic) bond motifs is 1. The van der Waals surface area contributed by atoms with Gasteiger partial charge in [-0.3, -0.25) is 19.7 Å². The first-order valence-electron chi connectivity index (χ1n) is 7.44. The van der Waals surface area contributed by atoms with Crippen LogP contribution in [0.2, 0.25) is 0 Å². The number of nitro benzene ring substituents is 1. The molecule has 2 amide bonds. The summed E-state index contributed by atoms with van der Waals surface area (Å²) in [5.74, 6) is -0.970. The predicted octanol–water partition coefficient (Wildman–Crippen LogP) is 2.43. The Labute approximate surface area is 141 Å². The van der Waals surface area contributed by atoms with Crippen LogP contribution in [0.3, 0.4) is 0 Å². The zero-order chi connectivity index (χ0) is 17.3. The van der Waals surface area contributed by atoms with Crippen molar-refractivity contribution in [1.29, 1.82) is 0 Å². The van der Waals surface area contributed by atoms with Crippen LogP contribution in [0, 0.1) is 10.1 Å². The van der Waals surface area contributed by atoms with Crippen molar-refractivity contribution >= 4 is 33.8 Å². The van der Waals surface area contributed by atoms with Crippen LogP contribution in [0.25, 0.3) is 0 Å². The van der Waals surface area contributed by atoms with Gasteiger partial charge in [0, 0.05) is 16.5 Å². The van der Waals surface area contributed by atoms with Crippen molar-refractivity contribution in [2.45, 2.75) is 25.7 Å². The Hall–Kier alpha value is -2.74. The molecule has 0 atom stereocenters. The normalized spacial score (nSPS) is 12.7. The summed E-state index contributed by atoms with van der Waals surface area (Å²) in [6.45, 7) is 0. The lowest BCUT2D eigenvalue weighted by Gasteiger charge is -2.06. The van der Waals surface area contributed by atoms with E-state index in [1.54, 1.807) is 18.2 Å². The standard InChI is InChI=1S/C16H15N3O4S/c17-15(21)14-10-5-3-7-12(10)24-16(14)18-13(20)8-9-4-1-2-6-11(9)19(22)23/h1-2,4,6H,3,5,7-8H2,(H2,17,21)(H,18,20). The van der Waals surface area contributed by atoms with Gasteiger partial charge >= 0.3 is 0 Å². The van der Waals surface area contributed by atoms with Crippen LogP contribution >= 0.6 is 11.3 Å². The fraction of sp³-hybridized carbons (Fsp3) is 0.250. The van der Waals surface area contributed by atoms with E-state index in [0.717, 1.165) is 29.7 Å². The second-order valence-electron chi connectivity index (χ2n) is 5.54. The van der Waals surface area contributed by atoms with Crippen LogP contribution < -0.4 is 11.1 Å². The first-order chi connectivity index (χ1) is 11.5. The number of hydrogen-bond donors (Lipinski definition) is 2. The largest absolute Gasteiger partial charge is 0.365 e. The molecule has 0 saturated heterocycles. The van der Waals surface area contributed by atoms with Crippen LogP contribution in [0.4, 0.5) is 10.7 Å². The van der Waals surface area contributed by atoms with Crippen LogP contribution in [0.1, 0.15) is 32.8 Å². The van der Waals surface area contributed by atoms with Crippen LogP contribution in [-0.2, 0) is 24.1 Å². The highest BCUT2D eigenvalue weighted by Gasteiger charge is 2.26. The summed E-state index contributed by atoms with van der Waals surface area (Å²) in [4.78, 5) is 35.6. The topological polar surface area (TPSA) is 115 Å². The number of hydrogen-bond acceptors (Lipinski definition) is 5. The Balaban J connectivity index is 1.82. The summed E-state index contributed by atoms with van der Waals surface area (Å²) in [7, 11) is 0. The van der Waals surface area contributed by atoms with Crippen molar-refractivity contribution < 1.29 is 14.5 Å². The number of primary amides is 1. The molecule has 1 aliphatic carbocycles. The molecule has 0 saturated carbocycles. The zero-order valence-electron chi connectivity index (χ0n) is 12.7. The van der Waals surface area contributed by atoms with Crippen LogP contribution in [0.15, 0.2) is 24.3 Å². The molecule has 3 rings (SSSR count). The number of carbonyl (C=O) groups is 2. The lowest BCUT2D eigenvalue weighted by atomic mass is 10.1. The average Bonchev–Trinajstić information content (AvgIpc) is 3.07. The molecule has 1 aromatic carbocycles. The third-order valence-electron chi connectivity index (χ3n) is 3.96. The zero-order valence-corrected chi connectivity index (χ0v) is 13.5. The van der Waals surface area contributed by atoms with E-state index in [2.05, 4.69) is 5.32 Å². The molecular formula is C16H15N3O4S. The van der Waals surface area contributed by atoms with Crippen molar-refractivity contribution in [1.82, 2.24) is 0 Å². The number of thiophene rings is 1. The quantitative estimate of drug-likeness (QED) is 0.639. The summed E-state index contributed by atoms with van der Waals surface area (Å²) >= 11 is 1.36. The van der Waals surface area contributed by atoms with E-state index in [-0.39, 0.29) is 12.1 Å². The number of rotatable bonds is 5. The fourth-order valence-corrected chi connectivity index (χ4v) is 4.25. The summed E-state index contributed by atoms with van der Waals surface area (Å²) < 4.78 is 0. The molecule has 1 heterocycles. The molecule has 7 nitrogen and oxygen atoms in total. The number of nitrogens with zero attached hydrogens (tertiary/aromatic N) is 1. The van der Waals surface area contributed by atoms with E-state index in [9.17, 15) is 19.7 Å². The highest BCUT2D eigenvalue weighted by atomic mass is 32.1. The van der Waals surface area contributed by atoms with Gasteiger partial charge in [-0.15, -0.1) is 11.3 Å². The van der Waals surface area contributed by atoms with E-state index in [1.807, 2.05) is 0 Å². The van der Waals surface area contributed by atoms with Crippen molar-refractivity contribution in [3.05, 3.63) is 55.9 Å². The van der Waals surface area contributed by atoms with Crippen LogP contribution in [-0.4, -0.2) is 16.7 Å². The molecule has 8 heteroatoms. The van der Waals surface area contributed by atoms with Gasteiger partial charge in [-0.25, -0.2) is 0 Å². The third kappa shape index (κ3) is 3.00. The molecule has 124 valence electrons. The molecule has 0 radical (unpaired) electrons. The van der Waals surface area contributed by atoms with Gasteiger partial charge in [0.25, 0.3) is 11.6 Å². The molecular weight excluding hydrogens is 330 g/mol. The molecule has 2 aromatic rings. The van der Waals surface area contributed by atoms with Gasteiger partial charge in [0.15, 0.2) is 0 Å². The lowest BCUT2D eigenvalue weighted by Crippen LogP contribution is -2.19. The number of anilines is 1. The Morgan fingerprint density at radius 3 is 2.75 bits per heavy atom. The fourth-order valence-electron chi connectivity index (χ4n) is 2.94. The Morgan fingerprint density at radius 1 is 1.29 bits per heavy atom. The SMILES string of the molecule is NC(=O)c1c(NC(=O)Cc2ccccc2[N+](=O)[O-])sc2c1CCC2. The number of amides is 2. The first kappa shape index (κ1) is 16.1. The van der Waals surface area contributed by atoms with Gasteiger partial charge in [0.05, 0.1) is 16.9 Å². The molecule has 1 aliphatic rings. The highest BCUT2D eigenvalue weighted by molar-refractivity contribution is 7.17. The van der Waals surface area contributed by atoms with E-state index in [1.165, 1.54) is 17.4 Å². The van der Waals surface area contributed by atoms with Gasteiger partial charge in [-0.2, -0.15) is 0 Å². The molecule has 0 bridgehead atoms. The van der Waals surface area contributed by atoms with E-state index in [4.69, 9.17) is 5.73 Å². The summed E-state index contributed by atoms with van der Waals surface area (Å²) in [5, 5.41) is 14.1. The number of para-hydroxylation sites is 1. The number of nitro groups is 1. The monoisotopic (exact) mass is 345 g/mol. The number of aryl methyl sites for hydroxylation is 1. The van der Waals surface area contributed by atoms with Gasteiger partial charge in [0.2, 0.25) is 5.91 Å². The maximum absolute atomic E-state index is 12.3. The third-order valence-corrected chi connectivity index (χ3v) is 5.17. The highest BCUT2D eigenvalue weighted by Crippen LogP contribution is 2.38. The average molecular weight is 345 g/mol. The smallest absolute Gasteiger partial charge is 0.273 e. The predicted molar refractivity (Wildman–Crippen MR) is 90.3 cm³/mol. The Bertz CT molecular complexity index is 844. The Morgan fingerprint density at radius 2 is 2.04 bits per heavy atom. The van der Waals surface area contributed by atoms with Crippen molar-refractivity contribution in [2.75, 3.05) is 5.32 Å². The van der Waals surface area contributed by atoms with E-state index >= 15 is 0 Å². The first-order valence-corrected chi connectivity index (χ1v) is 8.25. The van der Waals surface area contributed by atoms with E-state index in [0.29, 0.717) is 16.1 Å². The number of nitrogens with one attached hydrogen (secondary N) is 1. The summed E-state index contributed by atoms with van der Waals surface area (Å²) in [6.07, 6.45) is 2.49. The molecule has 1 aromatic heterocycles. The van der Waals surface area contributed by atoms with Crippen molar-refractivity contribution in [3.8, 4) is 0 Å². The number of carbonyl (C=O) groups excluding carboxylic acids is 2. The maximum atomic E-state index is 12.3. The second kappa shape index (κ2) is 6.40. The van der Waals surface area contributed by atoms with Gasteiger partial charge in [0.1, 0.15) is 5.00 Å². The minimum atomic E-state index is -0.560. The molecule has 0 fully saturated rings. The van der Waals surface area contributed by atoms with Gasteiger partial charge in [-0.05, 0) is 24.8 Å². The summed E-state index contributed by atoms with van der Waals surface area (Å²) in [6, 6.07) is 6.09. The maximum Gasteiger partial charge on any atom is 0.273 e. The Kier molecular flexibility index (Phi) is 4.30. The van der Waals surface area contributed by atoms with E-state index < -0.39 is 16.7 Å². The summed E-state index contributed by atoms with van der Waals surface area (Å²) in [5.41, 5.74) is 6.98.